The first-order valence-electron chi connectivity index (χ1n) is 10.0. The zero-order valence-corrected chi connectivity index (χ0v) is 19.0. The van der Waals surface area contributed by atoms with Crippen molar-refractivity contribution in [1.29, 1.82) is 0 Å². The molecule has 0 bridgehead atoms. The third-order valence-corrected chi connectivity index (χ3v) is 6.16. The Kier molecular flexibility index (Phi) is 5.83. The molecule has 1 aliphatic rings. The number of benzene rings is 3. The molecule has 0 fully saturated rings. The highest BCUT2D eigenvalue weighted by molar-refractivity contribution is 9.10. The predicted octanol–water partition coefficient (Wildman–Crippen LogP) is 4.74. The Balaban J connectivity index is 1.71. The smallest absolute Gasteiger partial charge is 0.259 e. The average Bonchev–Trinajstić information content (AvgIpc) is 2.77. The molecule has 1 heterocycles. The maximum Gasteiger partial charge on any atom is 0.259 e. The summed E-state index contributed by atoms with van der Waals surface area (Å²) in [4.78, 5) is 28.7. The lowest BCUT2D eigenvalue weighted by molar-refractivity contribution is -0.126. The minimum Gasteiger partial charge on any atom is -0.496 e. The van der Waals surface area contributed by atoms with E-state index in [4.69, 9.17) is 4.74 Å². The molecule has 158 valence electrons. The van der Waals surface area contributed by atoms with Crippen molar-refractivity contribution in [3.8, 4) is 5.75 Å². The largest absolute Gasteiger partial charge is 0.496 e. The van der Waals surface area contributed by atoms with Crippen LogP contribution in [0.4, 0.5) is 5.69 Å². The topological polar surface area (TPSA) is 58.6 Å². The van der Waals surface area contributed by atoms with Gasteiger partial charge in [0, 0.05) is 34.3 Å². The first kappa shape index (κ1) is 21.1. The van der Waals surface area contributed by atoms with E-state index in [1.807, 2.05) is 79.7 Å². The van der Waals surface area contributed by atoms with Crippen LogP contribution < -0.4 is 15.0 Å². The molecule has 0 saturated carbocycles. The zero-order chi connectivity index (χ0) is 22.0. The van der Waals surface area contributed by atoms with Crippen LogP contribution in [0.5, 0.6) is 5.75 Å². The van der Waals surface area contributed by atoms with Gasteiger partial charge in [-0.05, 0) is 42.8 Å². The van der Waals surface area contributed by atoms with Gasteiger partial charge in [0.2, 0.25) is 5.91 Å². The summed E-state index contributed by atoms with van der Waals surface area (Å²) < 4.78 is 6.24. The lowest BCUT2D eigenvalue weighted by Crippen LogP contribution is -2.63. The molecule has 0 aliphatic carbocycles. The minimum atomic E-state index is -1.09. The number of nitrogens with zero attached hydrogens (tertiary/aromatic N) is 1. The summed E-state index contributed by atoms with van der Waals surface area (Å²) in [6.07, 6.45) is 0.416. The number of carbonyl (C=O) groups is 2. The highest BCUT2D eigenvalue weighted by Gasteiger charge is 2.47. The fourth-order valence-corrected chi connectivity index (χ4v) is 4.48. The summed E-state index contributed by atoms with van der Waals surface area (Å²) in [7, 11) is 1.60. The second-order valence-electron chi connectivity index (χ2n) is 7.72. The summed E-state index contributed by atoms with van der Waals surface area (Å²) >= 11 is 3.48. The van der Waals surface area contributed by atoms with E-state index in [1.54, 1.807) is 12.0 Å². The molecule has 5 nitrogen and oxygen atoms in total. The molecule has 0 unspecified atom stereocenters. The van der Waals surface area contributed by atoms with Crippen LogP contribution in [-0.2, 0) is 17.8 Å². The van der Waals surface area contributed by atoms with E-state index < -0.39 is 5.54 Å². The highest BCUT2D eigenvalue weighted by Crippen LogP contribution is 2.36. The molecule has 31 heavy (non-hydrogen) atoms. The molecule has 6 heteroatoms. The fraction of sp³-hybridized carbons (Fsp3) is 0.200. The fourth-order valence-electron chi connectivity index (χ4n) is 4.09. The first-order chi connectivity index (χ1) is 14.9. The Labute approximate surface area is 190 Å². The summed E-state index contributed by atoms with van der Waals surface area (Å²) in [5, 5.41) is 3.03. The van der Waals surface area contributed by atoms with Gasteiger partial charge in [-0.15, -0.1) is 0 Å². The third-order valence-electron chi connectivity index (χ3n) is 5.67. The Hall–Kier alpha value is -3.12. The van der Waals surface area contributed by atoms with Gasteiger partial charge in [0.15, 0.2) is 0 Å². The molecular formula is C25H23BrN2O3. The highest BCUT2D eigenvalue weighted by atomic mass is 79.9. The molecule has 0 spiro atoms. The van der Waals surface area contributed by atoms with Crippen molar-refractivity contribution in [3.05, 3.63) is 94.0 Å². The second-order valence-corrected chi connectivity index (χ2v) is 8.64. The summed E-state index contributed by atoms with van der Waals surface area (Å²) in [5.74, 6) is 0.304. The van der Waals surface area contributed by atoms with Gasteiger partial charge in [0.1, 0.15) is 11.3 Å². The number of fused-ring (bicyclic) bond motifs is 1. The predicted molar refractivity (Wildman–Crippen MR) is 124 cm³/mol. The maximum absolute atomic E-state index is 13.6. The van der Waals surface area contributed by atoms with Crippen molar-refractivity contribution in [2.75, 3.05) is 12.0 Å². The van der Waals surface area contributed by atoms with E-state index in [1.165, 1.54) is 0 Å². The average molecular weight is 479 g/mol. The SMILES string of the molecule is COc1ccccc1CNC(=O)[C@@]1(C)Cc2ccccc2C(=O)N1c1cccc(Br)c1. The van der Waals surface area contributed by atoms with E-state index in [0.717, 1.165) is 15.6 Å². The number of methoxy groups -OCH3 is 1. The number of anilines is 1. The Bertz CT molecular complexity index is 1150. The van der Waals surface area contributed by atoms with Gasteiger partial charge in [0.25, 0.3) is 5.91 Å². The normalized spacial score (nSPS) is 17.8. The first-order valence-corrected chi connectivity index (χ1v) is 10.8. The van der Waals surface area contributed by atoms with E-state index >= 15 is 0 Å². The molecule has 3 aromatic rings. The van der Waals surface area contributed by atoms with Crippen molar-refractivity contribution in [3.63, 3.8) is 0 Å². The number of hydrogen-bond acceptors (Lipinski definition) is 3. The van der Waals surface area contributed by atoms with Crippen LogP contribution in [0.25, 0.3) is 0 Å². The second kappa shape index (κ2) is 8.55. The van der Waals surface area contributed by atoms with Crippen LogP contribution in [0.2, 0.25) is 0 Å². The quantitative estimate of drug-likeness (QED) is 0.576. The standard InChI is InChI=1S/C25H23BrN2O3/c1-25(24(30)27-16-18-9-4-6-13-22(18)31-2)15-17-8-3-5-12-21(17)23(29)28(25)20-11-7-10-19(26)14-20/h3-14H,15-16H2,1-2H3,(H,27,30)/t25-/m1/s1. The van der Waals surface area contributed by atoms with Gasteiger partial charge in [-0.2, -0.15) is 0 Å². The Morgan fingerprint density at radius 2 is 1.84 bits per heavy atom. The number of halogens is 1. The van der Waals surface area contributed by atoms with Crippen molar-refractivity contribution in [2.24, 2.45) is 0 Å². The number of rotatable bonds is 5. The van der Waals surface area contributed by atoms with Gasteiger partial charge in [0.05, 0.1) is 7.11 Å². The Morgan fingerprint density at radius 3 is 2.61 bits per heavy atom. The maximum atomic E-state index is 13.6. The molecule has 0 saturated heterocycles. The van der Waals surface area contributed by atoms with Gasteiger partial charge in [-0.25, -0.2) is 0 Å². The van der Waals surface area contributed by atoms with Crippen LogP contribution in [0, 0.1) is 0 Å². The molecule has 0 aromatic heterocycles. The lowest BCUT2D eigenvalue weighted by Gasteiger charge is -2.44. The number of hydrogen-bond donors (Lipinski definition) is 1. The van der Waals surface area contributed by atoms with Crippen LogP contribution >= 0.6 is 15.9 Å². The van der Waals surface area contributed by atoms with E-state index in [2.05, 4.69) is 21.2 Å². The summed E-state index contributed by atoms with van der Waals surface area (Å²) in [6.45, 7) is 2.12. The molecule has 1 aliphatic heterocycles. The Morgan fingerprint density at radius 1 is 1.10 bits per heavy atom. The number of ether oxygens (including phenoxy) is 1. The zero-order valence-electron chi connectivity index (χ0n) is 17.4. The van der Waals surface area contributed by atoms with Gasteiger partial charge < -0.3 is 10.1 Å². The molecule has 2 amide bonds. The number of amides is 2. The van der Waals surface area contributed by atoms with Crippen LogP contribution in [0.1, 0.15) is 28.4 Å². The molecule has 0 radical (unpaired) electrons. The van der Waals surface area contributed by atoms with E-state index in [0.29, 0.717) is 30.0 Å². The molecular weight excluding hydrogens is 456 g/mol. The summed E-state index contributed by atoms with van der Waals surface area (Å²) in [5.41, 5.74) is 1.95. The molecule has 4 rings (SSSR count). The van der Waals surface area contributed by atoms with Crippen LogP contribution in [0.3, 0.4) is 0 Å². The van der Waals surface area contributed by atoms with Gasteiger partial charge >= 0.3 is 0 Å². The van der Waals surface area contributed by atoms with Crippen molar-refractivity contribution < 1.29 is 14.3 Å². The van der Waals surface area contributed by atoms with Crippen LogP contribution in [0.15, 0.2) is 77.3 Å². The van der Waals surface area contributed by atoms with Crippen molar-refractivity contribution >= 4 is 33.4 Å². The van der Waals surface area contributed by atoms with Gasteiger partial charge in [-0.1, -0.05) is 58.4 Å². The molecule has 1 N–H and O–H groups in total. The third kappa shape index (κ3) is 3.95. The van der Waals surface area contributed by atoms with Gasteiger partial charge in [-0.3, -0.25) is 14.5 Å². The van der Waals surface area contributed by atoms with Crippen molar-refractivity contribution in [1.82, 2.24) is 5.32 Å². The monoisotopic (exact) mass is 478 g/mol. The van der Waals surface area contributed by atoms with Crippen molar-refractivity contribution in [2.45, 2.75) is 25.4 Å². The number of carbonyl (C=O) groups excluding carboxylic acids is 2. The minimum absolute atomic E-state index is 0.185. The number of para-hydroxylation sites is 1. The molecule has 1 atom stereocenters. The number of nitrogens with one attached hydrogen (secondary N) is 1. The van der Waals surface area contributed by atoms with Crippen LogP contribution in [-0.4, -0.2) is 24.5 Å². The molecule has 3 aromatic carbocycles. The van der Waals surface area contributed by atoms with E-state index in [-0.39, 0.29) is 11.8 Å². The lowest BCUT2D eigenvalue weighted by atomic mass is 9.82. The van der Waals surface area contributed by atoms with E-state index in [9.17, 15) is 9.59 Å². The summed E-state index contributed by atoms with van der Waals surface area (Å²) in [6, 6.07) is 22.5.